The van der Waals surface area contributed by atoms with Crippen LogP contribution in [0.2, 0.25) is 0 Å². The van der Waals surface area contributed by atoms with Crippen LogP contribution in [0.15, 0.2) is 0 Å². The Hall–Kier alpha value is -1.15. The zero-order valence-electron chi connectivity index (χ0n) is 10.5. The van der Waals surface area contributed by atoms with Gasteiger partial charge in [0.2, 0.25) is 0 Å². The topological polar surface area (TPSA) is 98.8 Å². The summed E-state index contributed by atoms with van der Waals surface area (Å²) in [4.78, 5) is 23.0. The third-order valence-electron chi connectivity index (χ3n) is 3.14. The van der Waals surface area contributed by atoms with Crippen LogP contribution in [-0.4, -0.2) is 57.2 Å². The maximum absolute atomic E-state index is 11.5. The standard InChI is InChI=1S/C11H17NO6S/c13-10(12-8-3-5-19(15,16)7-8)6-18-11(14)9-2-1-4-17-9/h8-9H,1-7H2,(H,12,13)/t8-,9+/m1/s1. The van der Waals surface area contributed by atoms with Crippen LogP contribution in [0.5, 0.6) is 0 Å². The molecule has 0 aromatic rings. The van der Waals surface area contributed by atoms with Crippen molar-refractivity contribution >= 4 is 21.7 Å². The van der Waals surface area contributed by atoms with Gasteiger partial charge in [0.15, 0.2) is 22.5 Å². The number of carbonyl (C=O) groups excluding carboxylic acids is 2. The molecule has 19 heavy (non-hydrogen) atoms. The number of nitrogens with one attached hydrogen (secondary N) is 1. The molecular weight excluding hydrogens is 274 g/mol. The van der Waals surface area contributed by atoms with E-state index in [1.165, 1.54) is 0 Å². The van der Waals surface area contributed by atoms with E-state index in [0.717, 1.165) is 6.42 Å². The van der Waals surface area contributed by atoms with Gasteiger partial charge in [-0.15, -0.1) is 0 Å². The Kier molecular flexibility index (Phi) is 4.41. The summed E-state index contributed by atoms with van der Waals surface area (Å²) in [6.45, 7) is 0.140. The SMILES string of the molecule is O=C(COC(=O)[C@@H]1CCCO1)N[C@@H]1CCS(=O)(=O)C1. The van der Waals surface area contributed by atoms with E-state index in [9.17, 15) is 18.0 Å². The fraction of sp³-hybridized carbons (Fsp3) is 0.818. The highest BCUT2D eigenvalue weighted by Gasteiger charge is 2.30. The molecule has 2 fully saturated rings. The Balaban J connectivity index is 1.68. The average Bonchev–Trinajstić information content (AvgIpc) is 2.96. The van der Waals surface area contributed by atoms with Crippen molar-refractivity contribution in [2.75, 3.05) is 24.7 Å². The van der Waals surface area contributed by atoms with E-state index in [0.29, 0.717) is 19.4 Å². The molecule has 1 amide bonds. The summed E-state index contributed by atoms with van der Waals surface area (Å²) in [5, 5.41) is 2.54. The molecule has 2 rings (SSSR count). The monoisotopic (exact) mass is 291 g/mol. The molecule has 2 aliphatic heterocycles. The number of ether oxygens (including phenoxy) is 2. The Morgan fingerprint density at radius 3 is 2.68 bits per heavy atom. The predicted octanol–water partition coefficient (Wildman–Crippen LogP) is -0.988. The van der Waals surface area contributed by atoms with Gasteiger partial charge in [-0.2, -0.15) is 0 Å². The molecule has 0 aromatic carbocycles. The van der Waals surface area contributed by atoms with Crippen LogP contribution in [0, 0.1) is 0 Å². The van der Waals surface area contributed by atoms with E-state index in [2.05, 4.69) is 5.32 Å². The minimum Gasteiger partial charge on any atom is -0.454 e. The first-order chi connectivity index (χ1) is 8.96. The predicted molar refractivity (Wildman–Crippen MR) is 65.1 cm³/mol. The number of hydrogen-bond donors (Lipinski definition) is 1. The van der Waals surface area contributed by atoms with Gasteiger partial charge >= 0.3 is 5.97 Å². The first-order valence-corrected chi connectivity index (χ1v) is 8.06. The van der Waals surface area contributed by atoms with Crippen LogP contribution >= 0.6 is 0 Å². The van der Waals surface area contributed by atoms with E-state index in [4.69, 9.17) is 9.47 Å². The van der Waals surface area contributed by atoms with Crippen molar-refractivity contribution in [3.8, 4) is 0 Å². The van der Waals surface area contributed by atoms with Crippen molar-refractivity contribution in [2.24, 2.45) is 0 Å². The second-order valence-corrected chi connectivity index (χ2v) is 7.01. The second kappa shape index (κ2) is 5.87. The first kappa shape index (κ1) is 14.3. The van der Waals surface area contributed by atoms with E-state index in [1.807, 2.05) is 0 Å². The van der Waals surface area contributed by atoms with Crippen molar-refractivity contribution in [3.05, 3.63) is 0 Å². The number of carbonyl (C=O) groups is 2. The van der Waals surface area contributed by atoms with E-state index >= 15 is 0 Å². The van der Waals surface area contributed by atoms with E-state index in [1.54, 1.807) is 0 Å². The van der Waals surface area contributed by atoms with Gasteiger partial charge in [-0.05, 0) is 19.3 Å². The highest BCUT2D eigenvalue weighted by Crippen LogP contribution is 2.13. The second-order valence-electron chi connectivity index (χ2n) is 4.78. The maximum Gasteiger partial charge on any atom is 0.335 e. The molecule has 2 aliphatic rings. The molecule has 0 saturated carbocycles. The highest BCUT2D eigenvalue weighted by atomic mass is 32.2. The van der Waals surface area contributed by atoms with Crippen LogP contribution < -0.4 is 5.32 Å². The van der Waals surface area contributed by atoms with Crippen LogP contribution in [0.4, 0.5) is 0 Å². The molecule has 2 heterocycles. The lowest BCUT2D eigenvalue weighted by molar-refractivity contribution is -0.157. The number of sulfone groups is 1. The lowest BCUT2D eigenvalue weighted by Crippen LogP contribution is -2.39. The first-order valence-electron chi connectivity index (χ1n) is 6.24. The van der Waals surface area contributed by atoms with Crippen molar-refractivity contribution in [1.29, 1.82) is 0 Å². The summed E-state index contributed by atoms with van der Waals surface area (Å²) >= 11 is 0. The van der Waals surface area contributed by atoms with Crippen molar-refractivity contribution in [2.45, 2.75) is 31.4 Å². The Labute approximate surface area is 111 Å². The van der Waals surface area contributed by atoms with Crippen LogP contribution in [0.3, 0.4) is 0 Å². The highest BCUT2D eigenvalue weighted by molar-refractivity contribution is 7.91. The molecular formula is C11H17NO6S. The van der Waals surface area contributed by atoms with Gasteiger partial charge in [-0.1, -0.05) is 0 Å². The Bertz CT molecular complexity index is 454. The van der Waals surface area contributed by atoms with Gasteiger partial charge < -0.3 is 14.8 Å². The summed E-state index contributed by atoms with van der Waals surface area (Å²) in [6, 6.07) is -0.376. The minimum absolute atomic E-state index is 0.0432. The maximum atomic E-state index is 11.5. The Morgan fingerprint density at radius 1 is 1.32 bits per heavy atom. The van der Waals surface area contributed by atoms with Crippen molar-refractivity contribution < 1.29 is 27.5 Å². The number of esters is 1. The summed E-state index contributed by atoms with van der Waals surface area (Å²) in [5.74, 6) is -0.966. The molecule has 0 unspecified atom stereocenters. The Morgan fingerprint density at radius 2 is 2.11 bits per heavy atom. The number of rotatable bonds is 4. The molecule has 7 nitrogen and oxygen atoms in total. The molecule has 0 aromatic heterocycles. The van der Waals surface area contributed by atoms with Crippen molar-refractivity contribution in [3.63, 3.8) is 0 Å². The summed E-state index contributed by atoms with van der Waals surface area (Å²) in [5.41, 5.74) is 0. The van der Waals surface area contributed by atoms with Crippen LogP contribution in [0.25, 0.3) is 0 Å². The van der Waals surface area contributed by atoms with Gasteiger partial charge in [0, 0.05) is 12.6 Å². The fourth-order valence-corrected chi connectivity index (χ4v) is 3.84. The summed E-state index contributed by atoms with van der Waals surface area (Å²) < 4.78 is 32.4. The summed E-state index contributed by atoms with van der Waals surface area (Å²) in [7, 11) is -3.03. The van der Waals surface area contributed by atoms with E-state index in [-0.39, 0.29) is 17.5 Å². The largest absolute Gasteiger partial charge is 0.454 e. The molecule has 0 bridgehead atoms. The molecule has 0 spiro atoms. The number of amides is 1. The molecule has 108 valence electrons. The van der Waals surface area contributed by atoms with Crippen LogP contribution in [0.1, 0.15) is 19.3 Å². The zero-order valence-corrected chi connectivity index (χ0v) is 11.3. The van der Waals surface area contributed by atoms with Crippen molar-refractivity contribution in [1.82, 2.24) is 5.32 Å². The lowest BCUT2D eigenvalue weighted by Gasteiger charge is -2.12. The summed E-state index contributed by atoms with van der Waals surface area (Å²) in [6.07, 6.45) is 1.26. The quantitative estimate of drug-likeness (QED) is 0.668. The average molecular weight is 291 g/mol. The van der Waals surface area contributed by atoms with Gasteiger partial charge in [-0.3, -0.25) is 4.79 Å². The molecule has 2 atom stereocenters. The molecule has 2 saturated heterocycles. The lowest BCUT2D eigenvalue weighted by atomic mass is 10.2. The van der Waals surface area contributed by atoms with Crippen LogP contribution in [-0.2, 0) is 28.9 Å². The smallest absolute Gasteiger partial charge is 0.335 e. The zero-order chi connectivity index (χ0) is 13.9. The fourth-order valence-electron chi connectivity index (χ4n) is 2.17. The van der Waals surface area contributed by atoms with Gasteiger partial charge in [0.25, 0.3) is 5.91 Å². The molecule has 8 heteroatoms. The van der Waals surface area contributed by atoms with Gasteiger partial charge in [-0.25, -0.2) is 13.2 Å². The third-order valence-corrected chi connectivity index (χ3v) is 4.90. The van der Waals surface area contributed by atoms with Gasteiger partial charge in [0.1, 0.15) is 0 Å². The molecule has 0 radical (unpaired) electrons. The third kappa shape index (κ3) is 4.17. The normalized spacial score (nSPS) is 29.1. The minimum atomic E-state index is -3.03. The number of hydrogen-bond acceptors (Lipinski definition) is 6. The molecule has 1 N–H and O–H groups in total. The molecule has 0 aliphatic carbocycles. The van der Waals surface area contributed by atoms with Gasteiger partial charge in [0.05, 0.1) is 11.5 Å². The van der Waals surface area contributed by atoms with E-state index < -0.39 is 34.4 Å².